The van der Waals surface area contributed by atoms with Crippen LogP contribution in [-0.4, -0.2) is 21.2 Å². The van der Waals surface area contributed by atoms with Crippen molar-refractivity contribution in [3.8, 4) is 0 Å². The Balaban J connectivity index is 1.68. The molecule has 2 aliphatic rings. The van der Waals surface area contributed by atoms with Gasteiger partial charge < -0.3 is 0 Å². The van der Waals surface area contributed by atoms with Crippen LogP contribution in [0.1, 0.15) is 59.9 Å². The maximum Gasteiger partial charge on any atom is 0.203 e. The molecule has 0 N–H and O–H groups in total. The molecular weight excluding hydrogens is 500 g/mol. The summed E-state index contributed by atoms with van der Waals surface area (Å²) in [4.78, 5) is 28.7. The Morgan fingerprint density at radius 3 is 1.50 bits per heavy atom. The quantitative estimate of drug-likeness (QED) is 0.301. The maximum absolute atomic E-state index is 13.3. The van der Waals surface area contributed by atoms with Gasteiger partial charge in [0.2, 0.25) is 11.6 Å². The lowest BCUT2D eigenvalue weighted by molar-refractivity contribution is 0.103. The zero-order valence-electron chi connectivity index (χ0n) is 14.8. The van der Waals surface area contributed by atoms with E-state index in [2.05, 4.69) is 31.9 Å². The first-order valence-corrected chi connectivity index (χ1v) is 11.9. The van der Waals surface area contributed by atoms with E-state index in [4.69, 9.17) is 0 Å². The number of rotatable bonds is 4. The van der Waals surface area contributed by atoms with E-state index in [1.165, 1.54) is 11.3 Å². The average molecular weight is 516 g/mol. The van der Waals surface area contributed by atoms with Crippen molar-refractivity contribution in [1.29, 1.82) is 0 Å². The molecule has 140 valence electrons. The molecule has 2 bridgehead atoms. The first kappa shape index (κ1) is 18.5. The van der Waals surface area contributed by atoms with Gasteiger partial charge in [-0.1, -0.05) is 92.5 Å². The number of hydrogen-bond donors (Lipinski definition) is 0. The van der Waals surface area contributed by atoms with Crippen LogP contribution in [0.3, 0.4) is 0 Å². The molecule has 5 rings (SSSR count). The Bertz CT molecular complexity index is 991. The number of ketones is 2. The number of hydrogen-bond acceptors (Lipinski definition) is 3. The smallest absolute Gasteiger partial charge is 0.203 e. The lowest BCUT2D eigenvalue weighted by atomic mass is 9.89. The second kappa shape index (κ2) is 7.05. The van der Waals surface area contributed by atoms with Gasteiger partial charge in [-0.25, -0.2) is 0 Å². The number of benzene rings is 2. The van der Waals surface area contributed by atoms with Crippen molar-refractivity contribution in [2.24, 2.45) is 0 Å². The predicted octanol–water partition coefficient (Wildman–Crippen LogP) is 6.32. The molecule has 1 fully saturated rings. The summed E-state index contributed by atoms with van der Waals surface area (Å²) in [6.07, 6.45) is 0.980. The van der Waals surface area contributed by atoms with E-state index < -0.39 is 0 Å². The van der Waals surface area contributed by atoms with Gasteiger partial charge >= 0.3 is 0 Å². The molecule has 0 spiro atoms. The summed E-state index contributed by atoms with van der Waals surface area (Å²) in [5.41, 5.74) is 3.55. The summed E-state index contributed by atoms with van der Waals surface area (Å²) >= 11 is 9.02. The number of halogens is 2. The Kier molecular flexibility index (Phi) is 4.65. The van der Waals surface area contributed by atoms with Crippen LogP contribution < -0.4 is 0 Å². The molecule has 28 heavy (non-hydrogen) atoms. The monoisotopic (exact) mass is 514 g/mol. The third-order valence-electron chi connectivity index (χ3n) is 5.79. The Morgan fingerprint density at radius 1 is 0.714 bits per heavy atom. The van der Waals surface area contributed by atoms with Crippen molar-refractivity contribution in [3.63, 3.8) is 0 Å². The fourth-order valence-corrected chi connectivity index (χ4v) is 7.57. The summed E-state index contributed by atoms with van der Waals surface area (Å²) in [6, 6.07) is 18.7. The third-order valence-corrected chi connectivity index (χ3v) is 10.1. The molecule has 0 unspecified atom stereocenters. The molecule has 0 amide bonds. The van der Waals surface area contributed by atoms with Crippen LogP contribution in [-0.2, 0) is 0 Å². The van der Waals surface area contributed by atoms with Gasteiger partial charge in [-0.05, 0) is 29.4 Å². The predicted molar refractivity (Wildman–Crippen MR) is 120 cm³/mol. The van der Waals surface area contributed by atoms with Gasteiger partial charge in [0, 0.05) is 20.8 Å². The molecule has 2 aromatic carbocycles. The van der Waals surface area contributed by atoms with Crippen molar-refractivity contribution in [2.75, 3.05) is 0 Å². The van der Waals surface area contributed by atoms with E-state index in [0.29, 0.717) is 11.1 Å². The molecule has 0 aliphatic heterocycles. The molecular formula is C23H16Br2O2S. The van der Waals surface area contributed by atoms with Gasteiger partial charge in [-0.15, -0.1) is 11.3 Å². The fourth-order valence-electron chi connectivity index (χ4n) is 4.50. The number of carbonyl (C=O) groups excluding carboxylic acids is 2. The van der Waals surface area contributed by atoms with E-state index in [1.54, 1.807) is 0 Å². The topological polar surface area (TPSA) is 34.1 Å². The second-order valence-electron chi connectivity index (χ2n) is 7.32. The molecule has 1 saturated carbocycles. The molecule has 1 aromatic heterocycles. The highest BCUT2D eigenvalue weighted by atomic mass is 79.9. The van der Waals surface area contributed by atoms with Gasteiger partial charge in [0.15, 0.2) is 0 Å². The normalized spacial score (nSPS) is 24.9. The zero-order valence-corrected chi connectivity index (χ0v) is 18.8. The van der Waals surface area contributed by atoms with Crippen LogP contribution in [0.15, 0.2) is 60.7 Å². The van der Waals surface area contributed by atoms with Crippen LogP contribution in [0.2, 0.25) is 0 Å². The Morgan fingerprint density at radius 2 is 1.11 bits per heavy atom. The number of thiophene rings is 1. The second-order valence-corrected chi connectivity index (χ2v) is 10.5. The SMILES string of the molecule is O=C(c1ccccc1)c1sc(C(=O)c2ccccc2)c2c1[C@H]1C[C@@H]2[C@H](Br)[C@H]1Br. The number of carbonyl (C=O) groups is 2. The lowest BCUT2D eigenvalue weighted by Crippen LogP contribution is -2.23. The van der Waals surface area contributed by atoms with E-state index in [9.17, 15) is 9.59 Å². The summed E-state index contributed by atoms with van der Waals surface area (Å²) < 4.78 is 0. The molecule has 4 atom stereocenters. The van der Waals surface area contributed by atoms with Crippen LogP contribution in [0.25, 0.3) is 0 Å². The first-order chi connectivity index (χ1) is 13.6. The highest BCUT2D eigenvalue weighted by Gasteiger charge is 2.53. The number of alkyl halides is 2. The van der Waals surface area contributed by atoms with E-state index >= 15 is 0 Å². The summed E-state index contributed by atoms with van der Waals surface area (Å²) in [7, 11) is 0. The molecule has 1 heterocycles. The Hall–Kier alpha value is -1.56. The minimum atomic E-state index is 0.0207. The highest BCUT2D eigenvalue weighted by Crippen LogP contribution is 2.62. The molecule has 2 nitrogen and oxygen atoms in total. The molecule has 0 saturated heterocycles. The van der Waals surface area contributed by atoms with Crippen LogP contribution in [0, 0.1) is 0 Å². The van der Waals surface area contributed by atoms with Gasteiger partial charge in [-0.3, -0.25) is 9.59 Å². The van der Waals surface area contributed by atoms with E-state index in [1.807, 2.05) is 60.7 Å². The fraction of sp³-hybridized carbons (Fsp3) is 0.217. The van der Waals surface area contributed by atoms with Gasteiger partial charge in [0.05, 0.1) is 9.75 Å². The highest BCUT2D eigenvalue weighted by molar-refractivity contribution is 9.12. The third kappa shape index (κ3) is 2.71. The van der Waals surface area contributed by atoms with Crippen LogP contribution in [0.4, 0.5) is 0 Å². The number of fused-ring (bicyclic) bond motifs is 5. The minimum absolute atomic E-state index is 0.0207. The zero-order chi connectivity index (χ0) is 19.4. The van der Waals surface area contributed by atoms with Crippen molar-refractivity contribution >= 4 is 54.8 Å². The first-order valence-electron chi connectivity index (χ1n) is 9.22. The van der Waals surface area contributed by atoms with Crippen molar-refractivity contribution in [2.45, 2.75) is 27.9 Å². The van der Waals surface area contributed by atoms with Gasteiger partial charge in [0.25, 0.3) is 0 Å². The molecule has 0 radical (unpaired) electrons. The lowest BCUT2D eigenvalue weighted by Gasteiger charge is -2.24. The van der Waals surface area contributed by atoms with Crippen molar-refractivity contribution < 1.29 is 9.59 Å². The largest absolute Gasteiger partial charge is 0.288 e. The van der Waals surface area contributed by atoms with E-state index in [0.717, 1.165) is 27.3 Å². The Labute approximate surface area is 184 Å². The van der Waals surface area contributed by atoms with E-state index in [-0.39, 0.29) is 33.1 Å². The van der Waals surface area contributed by atoms with Gasteiger partial charge in [0.1, 0.15) is 0 Å². The standard InChI is InChI=1S/C23H16Br2O2S/c24-18-14-11-15(19(18)25)17-16(14)22(20(26)12-7-3-1-4-8-12)28-23(17)21(27)13-9-5-2-6-10-13/h1-10,14-15,18-19H,11H2/t14-,15+,18-,19-/m0/s1. The van der Waals surface area contributed by atoms with Gasteiger partial charge in [-0.2, -0.15) is 0 Å². The minimum Gasteiger partial charge on any atom is -0.288 e. The molecule has 3 aromatic rings. The average Bonchev–Trinajstić information content (AvgIpc) is 3.39. The van der Waals surface area contributed by atoms with Crippen molar-refractivity contribution in [1.82, 2.24) is 0 Å². The summed E-state index contributed by atoms with van der Waals surface area (Å²) in [5.74, 6) is 0.570. The molecule has 5 heteroatoms. The van der Waals surface area contributed by atoms with Crippen LogP contribution >= 0.6 is 43.2 Å². The van der Waals surface area contributed by atoms with Crippen LogP contribution in [0.5, 0.6) is 0 Å². The summed E-state index contributed by atoms with van der Waals surface area (Å²) in [5, 5.41) is 0. The van der Waals surface area contributed by atoms with Crippen molar-refractivity contribution in [3.05, 3.63) is 92.7 Å². The summed E-state index contributed by atoms with van der Waals surface area (Å²) in [6.45, 7) is 0. The maximum atomic E-state index is 13.3. The molecule has 2 aliphatic carbocycles.